The lowest BCUT2D eigenvalue weighted by Gasteiger charge is -2.08. The second kappa shape index (κ2) is 7.44. The summed E-state index contributed by atoms with van der Waals surface area (Å²) >= 11 is 5.75. The van der Waals surface area contributed by atoms with Crippen LogP contribution in [0.5, 0.6) is 0 Å². The number of fused-ring (bicyclic) bond motifs is 1. The summed E-state index contributed by atoms with van der Waals surface area (Å²) in [6.07, 6.45) is 3.82. The molecule has 0 spiro atoms. The van der Waals surface area contributed by atoms with Crippen LogP contribution in [0.4, 0.5) is 5.82 Å². The van der Waals surface area contributed by atoms with Crippen LogP contribution < -0.4 is 10.9 Å². The Hall–Kier alpha value is -2.73. The Morgan fingerprint density at radius 2 is 2.08 bits per heavy atom. The Balaban J connectivity index is 1.61. The minimum atomic E-state index is -0.160. The third-order valence-electron chi connectivity index (χ3n) is 3.85. The normalized spacial score (nSPS) is 10.8. The zero-order chi connectivity index (χ0) is 17.8. The fraction of sp³-hybridized carbons (Fsp3) is 0.222. The fourth-order valence-electron chi connectivity index (χ4n) is 2.56. The molecule has 0 bridgehead atoms. The Bertz CT molecular complexity index is 967. The summed E-state index contributed by atoms with van der Waals surface area (Å²) in [5.74, 6) is 0.293. The first kappa shape index (κ1) is 17.1. The number of carbonyl (C=O) groups excluding carboxylic acids is 1. The number of rotatable bonds is 5. The lowest BCUT2D eigenvalue weighted by Crippen LogP contribution is -2.22. The second-order valence-electron chi connectivity index (χ2n) is 5.73. The lowest BCUT2D eigenvalue weighted by molar-refractivity contribution is -0.116. The van der Waals surface area contributed by atoms with E-state index in [2.05, 4.69) is 15.3 Å². The molecule has 3 aromatic rings. The standard InChI is InChI=1S/C18H17ClN4O2/c1-12-4-2-5-14-17(12)21-11-23(18(14)25)9-3-6-16(24)22-15-8-7-13(19)10-20-15/h2,4-5,7-8,10-11H,3,6,9H2,1H3,(H,20,22,24). The van der Waals surface area contributed by atoms with E-state index < -0.39 is 0 Å². The van der Waals surface area contributed by atoms with Gasteiger partial charge in [0.2, 0.25) is 5.91 Å². The molecule has 128 valence electrons. The molecule has 0 aliphatic rings. The summed E-state index contributed by atoms with van der Waals surface area (Å²) in [6.45, 7) is 2.35. The SMILES string of the molecule is Cc1cccc2c(=O)n(CCCC(=O)Nc3ccc(Cl)cn3)cnc12. The van der Waals surface area contributed by atoms with Crippen molar-refractivity contribution in [3.8, 4) is 0 Å². The highest BCUT2D eigenvalue weighted by molar-refractivity contribution is 6.30. The van der Waals surface area contributed by atoms with E-state index in [9.17, 15) is 9.59 Å². The zero-order valence-corrected chi connectivity index (χ0v) is 14.5. The van der Waals surface area contributed by atoms with E-state index in [0.717, 1.165) is 11.1 Å². The lowest BCUT2D eigenvalue weighted by atomic mass is 10.1. The number of pyridine rings is 1. The highest BCUT2D eigenvalue weighted by Crippen LogP contribution is 2.12. The van der Waals surface area contributed by atoms with Gasteiger partial charge in [-0.1, -0.05) is 23.7 Å². The van der Waals surface area contributed by atoms with Gasteiger partial charge < -0.3 is 5.32 Å². The summed E-state index contributed by atoms with van der Waals surface area (Å²) < 4.78 is 1.54. The molecule has 1 aromatic carbocycles. The predicted molar refractivity (Wildman–Crippen MR) is 97.9 cm³/mol. The molecular formula is C18H17ClN4O2. The van der Waals surface area contributed by atoms with Crippen molar-refractivity contribution in [1.82, 2.24) is 14.5 Å². The average Bonchev–Trinajstić information content (AvgIpc) is 2.60. The van der Waals surface area contributed by atoms with Crippen molar-refractivity contribution in [3.05, 3.63) is 63.8 Å². The van der Waals surface area contributed by atoms with Crippen LogP contribution in [0.15, 0.2) is 47.7 Å². The van der Waals surface area contributed by atoms with E-state index in [-0.39, 0.29) is 17.9 Å². The van der Waals surface area contributed by atoms with Crippen LogP contribution >= 0.6 is 11.6 Å². The molecule has 25 heavy (non-hydrogen) atoms. The molecule has 0 saturated heterocycles. The fourth-order valence-corrected chi connectivity index (χ4v) is 2.67. The molecular weight excluding hydrogens is 340 g/mol. The second-order valence-corrected chi connectivity index (χ2v) is 6.16. The highest BCUT2D eigenvalue weighted by Gasteiger charge is 2.07. The summed E-state index contributed by atoms with van der Waals surface area (Å²) in [7, 11) is 0. The van der Waals surface area contributed by atoms with E-state index in [1.54, 1.807) is 18.2 Å². The number of anilines is 1. The number of nitrogens with zero attached hydrogens (tertiary/aromatic N) is 3. The van der Waals surface area contributed by atoms with Crippen molar-refractivity contribution in [3.63, 3.8) is 0 Å². The predicted octanol–water partition coefficient (Wildman–Crippen LogP) is 3.17. The molecule has 0 aliphatic heterocycles. The molecule has 0 radical (unpaired) electrons. The molecule has 3 rings (SSSR count). The largest absolute Gasteiger partial charge is 0.311 e. The minimum absolute atomic E-state index is 0.0894. The van der Waals surface area contributed by atoms with E-state index in [1.807, 2.05) is 19.1 Å². The van der Waals surface area contributed by atoms with Gasteiger partial charge in [-0.15, -0.1) is 0 Å². The molecule has 0 unspecified atom stereocenters. The van der Waals surface area contributed by atoms with Gasteiger partial charge in [0.1, 0.15) is 5.82 Å². The van der Waals surface area contributed by atoms with Crippen LogP contribution in [-0.2, 0) is 11.3 Å². The first-order chi connectivity index (χ1) is 12.0. The van der Waals surface area contributed by atoms with E-state index in [1.165, 1.54) is 17.1 Å². The molecule has 1 amide bonds. The maximum absolute atomic E-state index is 12.5. The van der Waals surface area contributed by atoms with Crippen LogP contribution in [0.1, 0.15) is 18.4 Å². The molecule has 0 saturated carbocycles. The van der Waals surface area contributed by atoms with Crippen LogP contribution in [-0.4, -0.2) is 20.4 Å². The van der Waals surface area contributed by atoms with Crippen molar-refractivity contribution in [2.45, 2.75) is 26.3 Å². The molecule has 0 fully saturated rings. The van der Waals surface area contributed by atoms with Crippen LogP contribution in [0.2, 0.25) is 5.02 Å². The number of para-hydroxylation sites is 1. The van der Waals surface area contributed by atoms with Crippen LogP contribution in [0.3, 0.4) is 0 Å². The maximum atomic E-state index is 12.5. The van der Waals surface area contributed by atoms with Crippen molar-refractivity contribution in [1.29, 1.82) is 0 Å². The summed E-state index contributed by atoms with van der Waals surface area (Å²) in [5.41, 5.74) is 1.60. The van der Waals surface area contributed by atoms with E-state index in [4.69, 9.17) is 11.6 Å². The van der Waals surface area contributed by atoms with Crippen LogP contribution in [0, 0.1) is 6.92 Å². The Morgan fingerprint density at radius 3 is 2.84 bits per heavy atom. The van der Waals surface area contributed by atoms with Gasteiger partial charge in [0.15, 0.2) is 0 Å². The third-order valence-corrected chi connectivity index (χ3v) is 4.08. The molecule has 6 nitrogen and oxygen atoms in total. The van der Waals surface area contributed by atoms with Gasteiger partial charge >= 0.3 is 0 Å². The molecule has 0 aliphatic carbocycles. The number of halogens is 1. The van der Waals surface area contributed by atoms with Gasteiger partial charge in [-0.3, -0.25) is 14.2 Å². The molecule has 2 aromatic heterocycles. The molecule has 7 heteroatoms. The van der Waals surface area contributed by atoms with E-state index >= 15 is 0 Å². The monoisotopic (exact) mass is 356 g/mol. The highest BCUT2D eigenvalue weighted by atomic mass is 35.5. The third kappa shape index (κ3) is 4.03. The number of carbonyl (C=O) groups is 1. The Kier molecular flexibility index (Phi) is 5.09. The number of hydrogen-bond acceptors (Lipinski definition) is 4. The van der Waals surface area contributed by atoms with Gasteiger partial charge in [-0.25, -0.2) is 9.97 Å². The van der Waals surface area contributed by atoms with Gasteiger partial charge in [-0.2, -0.15) is 0 Å². The van der Waals surface area contributed by atoms with Gasteiger partial charge in [-0.05, 0) is 37.1 Å². The Labute approximate surface area is 149 Å². The van der Waals surface area contributed by atoms with Gasteiger partial charge in [0.05, 0.1) is 22.3 Å². The number of amides is 1. The smallest absolute Gasteiger partial charge is 0.261 e. The quantitative estimate of drug-likeness (QED) is 0.761. The maximum Gasteiger partial charge on any atom is 0.261 e. The van der Waals surface area contributed by atoms with Gasteiger partial charge in [0.25, 0.3) is 5.56 Å². The molecule has 1 N–H and O–H groups in total. The minimum Gasteiger partial charge on any atom is -0.311 e. The summed E-state index contributed by atoms with van der Waals surface area (Å²) in [4.78, 5) is 32.8. The van der Waals surface area contributed by atoms with Crippen molar-refractivity contribution < 1.29 is 4.79 Å². The van der Waals surface area contributed by atoms with Crippen molar-refractivity contribution in [2.75, 3.05) is 5.32 Å². The topological polar surface area (TPSA) is 76.9 Å². The number of benzene rings is 1. The Morgan fingerprint density at radius 1 is 1.24 bits per heavy atom. The van der Waals surface area contributed by atoms with Crippen molar-refractivity contribution in [2.24, 2.45) is 0 Å². The van der Waals surface area contributed by atoms with Gasteiger partial charge in [0, 0.05) is 19.2 Å². The first-order valence-corrected chi connectivity index (χ1v) is 8.28. The number of hydrogen-bond donors (Lipinski definition) is 1. The molecule has 2 heterocycles. The number of aromatic nitrogens is 3. The van der Waals surface area contributed by atoms with E-state index in [0.29, 0.717) is 29.2 Å². The molecule has 0 atom stereocenters. The first-order valence-electron chi connectivity index (χ1n) is 7.91. The average molecular weight is 357 g/mol. The zero-order valence-electron chi connectivity index (χ0n) is 13.7. The van der Waals surface area contributed by atoms with Crippen molar-refractivity contribution >= 4 is 34.2 Å². The number of aryl methyl sites for hydroxylation is 2. The summed E-state index contributed by atoms with van der Waals surface area (Å²) in [6, 6.07) is 8.84. The summed E-state index contributed by atoms with van der Waals surface area (Å²) in [5, 5.41) is 3.80. The van der Waals surface area contributed by atoms with Crippen LogP contribution in [0.25, 0.3) is 10.9 Å². The number of nitrogens with one attached hydrogen (secondary N) is 1.